The van der Waals surface area contributed by atoms with Gasteiger partial charge in [0.1, 0.15) is 0 Å². The van der Waals surface area contributed by atoms with Gasteiger partial charge in [-0.3, -0.25) is 9.38 Å². The number of pyridine rings is 2. The quantitative estimate of drug-likeness (QED) is 0.534. The van der Waals surface area contributed by atoms with Gasteiger partial charge in [0, 0.05) is 29.4 Å². The number of rotatable bonds is 1. The number of hydrogen-bond donors (Lipinski definition) is 0. The normalized spacial score (nSPS) is 10.8. The maximum absolute atomic E-state index is 8.95. The van der Waals surface area contributed by atoms with Gasteiger partial charge in [0.05, 0.1) is 17.1 Å². The summed E-state index contributed by atoms with van der Waals surface area (Å²) in [6, 6.07) is 15.4. The van der Waals surface area contributed by atoms with Crippen molar-refractivity contribution in [1.82, 2.24) is 19.6 Å². The molecule has 0 unspecified atom stereocenters. The second-order valence-electron chi connectivity index (χ2n) is 4.65. The van der Waals surface area contributed by atoms with Crippen LogP contribution in [0.15, 0.2) is 54.9 Å². The van der Waals surface area contributed by atoms with E-state index in [1.54, 1.807) is 18.3 Å². The molecule has 0 atom stereocenters. The predicted molar refractivity (Wildman–Crippen MR) is 78.4 cm³/mol. The molecule has 0 saturated heterocycles. The SMILES string of the molecule is N#Cc1ccn2c(-c3ccnc4ccccc34)nnc2c1. The van der Waals surface area contributed by atoms with Crippen molar-refractivity contribution in [2.24, 2.45) is 0 Å². The number of nitriles is 1. The third-order valence-electron chi connectivity index (χ3n) is 3.43. The van der Waals surface area contributed by atoms with Crippen LogP contribution in [0.3, 0.4) is 0 Å². The molecule has 4 aromatic rings. The van der Waals surface area contributed by atoms with Crippen LogP contribution in [-0.2, 0) is 0 Å². The van der Waals surface area contributed by atoms with Crippen molar-refractivity contribution in [2.45, 2.75) is 0 Å². The molecule has 0 aliphatic carbocycles. The van der Waals surface area contributed by atoms with E-state index < -0.39 is 0 Å². The molecule has 3 heterocycles. The number of fused-ring (bicyclic) bond motifs is 2. The summed E-state index contributed by atoms with van der Waals surface area (Å²) in [7, 11) is 0. The molecule has 0 amide bonds. The second-order valence-corrected chi connectivity index (χ2v) is 4.65. The van der Waals surface area contributed by atoms with Crippen LogP contribution < -0.4 is 0 Å². The average Bonchev–Trinajstić information content (AvgIpc) is 2.97. The van der Waals surface area contributed by atoms with E-state index in [-0.39, 0.29) is 0 Å². The molecule has 0 saturated carbocycles. The van der Waals surface area contributed by atoms with Crippen LogP contribution in [0.1, 0.15) is 5.56 Å². The summed E-state index contributed by atoms with van der Waals surface area (Å²) in [6.45, 7) is 0. The molecule has 21 heavy (non-hydrogen) atoms. The topological polar surface area (TPSA) is 66.9 Å². The molecule has 5 nitrogen and oxygen atoms in total. The lowest BCUT2D eigenvalue weighted by Crippen LogP contribution is -1.91. The number of aromatic nitrogens is 4. The maximum atomic E-state index is 8.95. The van der Waals surface area contributed by atoms with Crippen LogP contribution >= 0.6 is 0 Å². The van der Waals surface area contributed by atoms with E-state index in [2.05, 4.69) is 21.3 Å². The Morgan fingerprint density at radius 3 is 2.86 bits per heavy atom. The van der Waals surface area contributed by atoms with Crippen LogP contribution in [0.5, 0.6) is 0 Å². The zero-order chi connectivity index (χ0) is 14.2. The summed E-state index contributed by atoms with van der Waals surface area (Å²) < 4.78 is 1.88. The fourth-order valence-corrected chi connectivity index (χ4v) is 2.43. The first-order valence-corrected chi connectivity index (χ1v) is 6.46. The summed E-state index contributed by atoms with van der Waals surface area (Å²) in [6.07, 6.45) is 3.58. The molecule has 0 aliphatic rings. The van der Waals surface area contributed by atoms with Crippen molar-refractivity contribution in [3.05, 3.63) is 60.4 Å². The molecule has 0 aliphatic heterocycles. The van der Waals surface area contributed by atoms with E-state index in [1.165, 1.54) is 0 Å². The van der Waals surface area contributed by atoms with Crippen LogP contribution in [0, 0.1) is 11.3 Å². The van der Waals surface area contributed by atoms with Gasteiger partial charge >= 0.3 is 0 Å². The Bertz CT molecular complexity index is 1000. The largest absolute Gasteiger partial charge is 0.282 e. The fourth-order valence-electron chi connectivity index (χ4n) is 2.43. The van der Waals surface area contributed by atoms with Crippen LogP contribution in [0.25, 0.3) is 27.9 Å². The number of hydrogen-bond acceptors (Lipinski definition) is 4. The first-order valence-electron chi connectivity index (χ1n) is 6.46. The lowest BCUT2D eigenvalue weighted by Gasteiger charge is -2.04. The van der Waals surface area contributed by atoms with Gasteiger partial charge < -0.3 is 0 Å². The molecule has 5 heteroatoms. The summed E-state index contributed by atoms with van der Waals surface area (Å²) in [5, 5.41) is 18.4. The molecule has 0 fully saturated rings. The smallest absolute Gasteiger partial charge is 0.169 e. The summed E-state index contributed by atoms with van der Waals surface area (Å²) >= 11 is 0. The molecule has 0 N–H and O–H groups in total. The van der Waals surface area contributed by atoms with Gasteiger partial charge in [-0.05, 0) is 18.2 Å². The van der Waals surface area contributed by atoms with E-state index in [4.69, 9.17) is 5.26 Å². The molecule has 0 radical (unpaired) electrons. The van der Waals surface area contributed by atoms with E-state index in [0.29, 0.717) is 11.2 Å². The number of para-hydroxylation sites is 1. The Labute approximate surface area is 120 Å². The number of nitrogens with zero attached hydrogens (tertiary/aromatic N) is 5. The van der Waals surface area contributed by atoms with E-state index in [9.17, 15) is 0 Å². The Kier molecular flexibility index (Phi) is 2.42. The van der Waals surface area contributed by atoms with Gasteiger partial charge in [-0.25, -0.2) is 0 Å². The molecular formula is C16H9N5. The van der Waals surface area contributed by atoms with Gasteiger partial charge in [0.25, 0.3) is 0 Å². The highest BCUT2D eigenvalue weighted by Gasteiger charge is 2.11. The Hall–Kier alpha value is -3.26. The average molecular weight is 271 g/mol. The Morgan fingerprint density at radius 1 is 1.05 bits per heavy atom. The molecule has 1 aromatic carbocycles. The molecule has 3 aromatic heterocycles. The minimum atomic E-state index is 0.570. The van der Waals surface area contributed by atoms with Gasteiger partial charge in [0.15, 0.2) is 11.5 Å². The van der Waals surface area contributed by atoms with Crippen molar-refractivity contribution in [3.8, 4) is 17.5 Å². The van der Waals surface area contributed by atoms with Crippen molar-refractivity contribution in [3.63, 3.8) is 0 Å². The van der Waals surface area contributed by atoms with Crippen molar-refractivity contribution < 1.29 is 0 Å². The van der Waals surface area contributed by atoms with Gasteiger partial charge in [-0.15, -0.1) is 10.2 Å². The van der Waals surface area contributed by atoms with Gasteiger partial charge in [-0.2, -0.15) is 5.26 Å². The van der Waals surface area contributed by atoms with Gasteiger partial charge in [-0.1, -0.05) is 18.2 Å². The highest BCUT2D eigenvalue weighted by Crippen LogP contribution is 2.26. The first kappa shape index (κ1) is 11.6. The third-order valence-corrected chi connectivity index (χ3v) is 3.43. The van der Waals surface area contributed by atoms with Crippen molar-refractivity contribution in [1.29, 1.82) is 5.26 Å². The Balaban J connectivity index is 2.03. The minimum absolute atomic E-state index is 0.570. The lowest BCUT2D eigenvalue weighted by atomic mass is 10.1. The standard InChI is InChI=1S/C16H9N5/c17-10-11-6-8-21-15(9-11)19-20-16(21)13-5-7-18-14-4-2-1-3-12(13)14/h1-9H. The molecule has 4 rings (SSSR count). The van der Waals surface area contributed by atoms with Crippen LogP contribution in [0.2, 0.25) is 0 Å². The van der Waals surface area contributed by atoms with Gasteiger partial charge in [0.2, 0.25) is 0 Å². The first-order chi connectivity index (χ1) is 10.4. The molecule has 0 bridgehead atoms. The zero-order valence-electron chi connectivity index (χ0n) is 10.9. The monoisotopic (exact) mass is 271 g/mol. The fraction of sp³-hybridized carbons (Fsp3) is 0. The lowest BCUT2D eigenvalue weighted by molar-refractivity contribution is 1.11. The predicted octanol–water partition coefficient (Wildman–Crippen LogP) is 2.82. The second kappa shape index (κ2) is 4.39. The molecule has 98 valence electrons. The van der Waals surface area contributed by atoms with E-state index in [0.717, 1.165) is 22.3 Å². The Morgan fingerprint density at radius 2 is 1.95 bits per heavy atom. The minimum Gasteiger partial charge on any atom is -0.282 e. The van der Waals surface area contributed by atoms with Crippen LogP contribution in [0.4, 0.5) is 0 Å². The van der Waals surface area contributed by atoms with E-state index >= 15 is 0 Å². The third kappa shape index (κ3) is 1.74. The summed E-state index contributed by atoms with van der Waals surface area (Å²) in [5.74, 6) is 0.744. The summed E-state index contributed by atoms with van der Waals surface area (Å²) in [4.78, 5) is 4.36. The van der Waals surface area contributed by atoms with E-state index in [1.807, 2.05) is 40.9 Å². The highest BCUT2D eigenvalue weighted by molar-refractivity contribution is 5.92. The maximum Gasteiger partial charge on any atom is 0.169 e. The number of benzene rings is 1. The molecular weight excluding hydrogens is 262 g/mol. The zero-order valence-corrected chi connectivity index (χ0v) is 10.9. The molecule has 0 spiro atoms. The van der Waals surface area contributed by atoms with Crippen LogP contribution in [-0.4, -0.2) is 19.6 Å². The summed E-state index contributed by atoms with van der Waals surface area (Å²) in [5.41, 5.74) is 3.11. The van der Waals surface area contributed by atoms with Crippen molar-refractivity contribution in [2.75, 3.05) is 0 Å². The van der Waals surface area contributed by atoms with Crippen molar-refractivity contribution >= 4 is 16.6 Å². The highest BCUT2D eigenvalue weighted by atomic mass is 15.2.